The molecule has 3 rings (SSSR count). The fraction of sp³-hybridized carbons (Fsp3) is 0.471. The van der Waals surface area contributed by atoms with Crippen LogP contribution in [0.2, 0.25) is 0 Å². The van der Waals surface area contributed by atoms with Gasteiger partial charge in [-0.2, -0.15) is 0 Å². The van der Waals surface area contributed by atoms with Crippen LogP contribution in [-0.4, -0.2) is 52.3 Å². The molecule has 0 bridgehead atoms. The van der Waals surface area contributed by atoms with Gasteiger partial charge in [-0.1, -0.05) is 0 Å². The lowest BCUT2D eigenvalue weighted by atomic mass is 10.1. The van der Waals surface area contributed by atoms with Gasteiger partial charge < -0.3 is 14.1 Å². The van der Waals surface area contributed by atoms with Gasteiger partial charge in [-0.25, -0.2) is 9.97 Å². The minimum Gasteiger partial charge on any atom is -0.461 e. The third-order valence-corrected chi connectivity index (χ3v) is 4.59. The first-order chi connectivity index (χ1) is 11.5. The lowest BCUT2D eigenvalue weighted by Crippen LogP contribution is -2.48. The van der Waals surface area contributed by atoms with E-state index in [1.54, 1.807) is 12.3 Å². The summed E-state index contributed by atoms with van der Waals surface area (Å²) in [5.41, 5.74) is 1.23. The van der Waals surface area contributed by atoms with Gasteiger partial charge >= 0.3 is 0 Å². The Labute approximate surface area is 145 Å². The highest BCUT2D eigenvalue weighted by Gasteiger charge is 2.30. The van der Waals surface area contributed by atoms with Crippen molar-refractivity contribution in [2.75, 3.05) is 19.3 Å². The largest absolute Gasteiger partial charge is 0.461 e. The average Bonchev–Trinajstić information content (AvgIpc) is 3.07. The highest BCUT2D eigenvalue weighted by molar-refractivity contribution is 7.98. The quantitative estimate of drug-likeness (QED) is 0.628. The van der Waals surface area contributed by atoms with Gasteiger partial charge in [-0.05, 0) is 39.2 Å². The minimum absolute atomic E-state index is 0.0269. The maximum Gasteiger partial charge on any atom is 0.258 e. The lowest BCUT2D eigenvalue weighted by molar-refractivity contribution is -0.0587. The molecule has 0 aliphatic carbocycles. The normalized spacial score (nSPS) is 21.1. The maximum absolute atomic E-state index is 13.0. The van der Waals surface area contributed by atoms with Crippen LogP contribution in [0.25, 0.3) is 11.6 Å². The van der Waals surface area contributed by atoms with E-state index in [1.807, 2.05) is 38.0 Å². The first-order valence-corrected chi connectivity index (χ1v) is 9.13. The predicted octanol–water partition coefficient (Wildman–Crippen LogP) is 3.02. The van der Waals surface area contributed by atoms with Crippen LogP contribution in [-0.2, 0) is 4.74 Å². The Morgan fingerprint density at radius 3 is 2.58 bits per heavy atom. The van der Waals surface area contributed by atoms with E-state index in [1.165, 1.54) is 11.8 Å². The van der Waals surface area contributed by atoms with Gasteiger partial charge in [-0.3, -0.25) is 4.79 Å². The van der Waals surface area contributed by atoms with Gasteiger partial charge in [0.1, 0.15) is 5.03 Å². The van der Waals surface area contributed by atoms with E-state index in [9.17, 15) is 4.79 Å². The molecule has 0 aromatic carbocycles. The number of furan rings is 1. The van der Waals surface area contributed by atoms with E-state index in [0.29, 0.717) is 41.0 Å². The van der Waals surface area contributed by atoms with Crippen LogP contribution in [0.1, 0.15) is 29.9 Å². The summed E-state index contributed by atoms with van der Waals surface area (Å²) in [4.78, 5) is 23.9. The van der Waals surface area contributed by atoms with Gasteiger partial charge in [0.2, 0.25) is 0 Å². The Morgan fingerprint density at radius 1 is 1.29 bits per heavy atom. The van der Waals surface area contributed by atoms with Crippen LogP contribution in [0.3, 0.4) is 0 Å². The van der Waals surface area contributed by atoms with Crippen LogP contribution in [0, 0.1) is 6.92 Å². The second kappa shape index (κ2) is 6.94. The van der Waals surface area contributed by atoms with Crippen LogP contribution >= 0.6 is 11.8 Å². The number of nitrogens with zero attached hydrogens (tertiary/aromatic N) is 3. The molecule has 1 saturated heterocycles. The first-order valence-electron chi connectivity index (χ1n) is 7.90. The number of aromatic nitrogens is 2. The number of rotatable bonds is 3. The summed E-state index contributed by atoms with van der Waals surface area (Å²) in [5, 5.41) is 0.672. The van der Waals surface area contributed by atoms with E-state index in [0.717, 1.165) is 0 Å². The SMILES string of the molecule is CSc1nc(-c2ccco2)nc(C)c1C(=O)N1CC(C)OC(C)C1. The van der Waals surface area contributed by atoms with Gasteiger partial charge in [-0.15, -0.1) is 11.8 Å². The first kappa shape index (κ1) is 17.0. The van der Waals surface area contributed by atoms with Crippen molar-refractivity contribution in [3.63, 3.8) is 0 Å². The second-order valence-corrected chi connectivity index (χ2v) is 6.76. The van der Waals surface area contributed by atoms with Crippen molar-refractivity contribution in [2.45, 2.75) is 38.0 Å². The fourth-order valence-corrected chi connectivity index (χ4v) is 3.58. The predicted molar refractivity (Wildman–Crippen MR) is 92.2 cm³/mol. The van der Waals surface area contributed by atoms with Crippen molar-refractivity contribution >= 4 is 17.7 Å². The third kappa shape index (κ3) is 3.32. The Balaban J connectivity index is 1.96. The Hall–Kier alpha value is -1.86. The zero-order valence-electron chi connectivity index (χ0n) is 14.3. The number of carbonyl (C=O) groups excluding carboxylic acids is 1. The molecule has 24 heavy (non-hydrogen) atoms. The summed E-state index contributed by atoms with van der Waals surface area (Å²) in [6.45, 7) is 6.96. The molecule has 3 heterocycles. The number of hydrogen-bond donors (Lipinski definition) is 0. The molecule has 7 heteroatoms. The molecule has 128 valence electrons. The second-order valence-electron chi connectivity index (χ2n) is 5.96. The Morgan fingerprint density at radius 2 is 2.00 bits per heavy atom. The topological polar surface area (TPSA) is 68.5 Å². The van der Waals surface area contributed by atoms with E-state index >= 15 is 0 Å². The van der Waals surface area contributed by atoms with E-state index in [-0.39, 0.29) is 18.1 Å². The molecule has 0 saturated carbocycles. The van der Waals surface area contributed by atoms with Crippen LogP contribution in [0.5, 0.6) is 0 Å². The van der Waals surface area contributed by atoms with Crippen LogP contribution < -0.4 is 0 Å². The number of hydrogen-bond acceptors (Lipinski definition) is 6. The number of morpholine rings is 1. The number of ether oxygens (including phenoxy) is 1. The molecule has 0 radical (unpaired) electrons. The molecule has 2 aromatic rings. The molecule has 1 aliphatic heterocycles. The van der Waals surface area contributed by atoms with Crippen LogP contribution in [0.15, 0.2) is 27.8 Å². The Kier molecular flexibility index (Phi) is 4.91. The van der Waals surface area contributed by atoms with E-state index in [2.05, 4.69) is 9.97 Å². The molecule has 1 aliphatic rings. The van der Waals surface area contributed by atoms with Gasteiger partial charge in [0.25, 0.3) is 5.91 Å². The number of amides is 1. The fourth-order valence-electron chi connectivity index (χ4n) is 2.96. The van der Waals surface area contributed by atoms with E-state index in [4.69, 9.17) is 9.15 Å². The smallest absolute Gasteiger partial charge is 0.258 e. The monoisotopic (exact) mass is 347 g/mol. The zero-order valence-corrected chi connectivity index (χ0v) is 15.1. The van der Waals surface area contributed by atoms with E-state index < -0.39 is 0 Å². The highest BCUT2D eigenvalue weighted by Crippen LogP contribution is 2.27. The molecule has 2 aromatic heterocycles. The van der Waals surface area contributed by atoms with Gasteiger partial charge in [0.15, 0.2) is 11.6 Å². The molecular weight excluding hydrogens is 326 g/mol. The highest BCUT2D eigenvalue weighted by atomic mass is 32.2. The molecule has 2 unspecified atom stereocenters. The summed E-state index contributed by atoms with van der Waals surface area (Å²) < 4.78 is 11.1. The average molecular weight is 347 g/mol. The van der Waals surface area contributed by atoms with Crippen molar-refractivity contribution in [3.05, 3.63) is 29.7 Å². The maximum atomic E-state index is 13.0. The van der Waals surface area contributed by atoms with Crippen molar-refractivity contribution in [2.24, 2.45) is 0 Å². The standard InChI is InChI=1S/C17H21N3O3S/c1-10-8-20(9-11(2)23-10)17(21)14-12(3)18-15(19-16(14)24-4)13-6-5-7-22-13/h5-7,10-11H,8-9H2,1-4H3. The lowest BCUT2D eigenvalue weighted by Gasteiger charge is -2.35. The van der Waals surface area contributed by atoms with Crippen molar-refractivity contribution in [3.8, 4) is 11.6 Å². The van der Waals surface area contributed by atoms with Crippen molar-refractivity contribution < 1.29 is 13.9 Å². The molecule has 1 amide bonds. The summed E-state index contributed by atoms with van der Waals surface area (Å²) in [6.07, 6.45) is 3.55. The zero-order chi connectivity index (χ0) is 17.3. The molecule has 0 spiro atoms. The third-order valence-electron chi connectivity index (χ3n) is 3.91. The van der Waals surface area contributed by atoms with Gasteiger partial charge in [0.05, 0.1) is 29.7 Å². The number of aryl methyl sites for hydroxylation is 1. The van der Waals surface area contributed by atoms with Crippen molar-refractivity contribution in [1.82, 2.24) is 14.9 Å². The van der Waals surface area contributed by atoms with Crippen molar-refractivity contribution in [1.29, 1.82) is 0 Å². The number of thioether (sulfide) groups is 1. The summed E-state index contributed by atoms with van der Waals surface area (Å²) in [6, 6.07) is 3.61. The van der Waals surface area contributed by atoms with Crippen LogP contribution in [0.4, 0.5) is 0 Å². The summed E-state index contributed by atoms with van der Waals surface area (Å²) in [7, 11) is 0. The minimum atomic E-state index is -0.0372. The summed E-state index contributed by atoms with van der Waals surface area (Å²) in [5.74, 6) is 1.06. The molecule has 2 atom stereocenters. The van der Waals surface area contributed by atoms with Gasteiger partial charge in [0, 0.05) is 13.1 Å². The number of carbonyl (C=O) groups is 1. The molecule has 6 nitrogen and oxygen atoms in total. The summed E-state index contributed by atoms with van der Waals surface area (Å²) >= 11 is 1.44. The molecular formula is C17H21N3O3S. The molecule has 1 fully saturated rings. The molecule has 0 N–H and O–H groups in total. The Bertz CT molecular complexity index is 723.